The minimum Gasteiger partial charge on any atom is -0.496 e. The third-order valence-electron chi connectivity index (χ3n) is 12.3. The van der Waals surface area contributed by atoms with Gasteiger partial charge < -0.3 is 29.7 Å². The molecule has 3 aromatic rings. The molecule has 4 fully saturated rings. The Labute approximate surface area is 342 Å². The van der Waals surface area contributed by atoms with Gasteiger partial charge in [0.15, 0.2) is 0 Å². The Morgan fingerprint density at radius 3 is 2.59 bits per heavy atom. The van der Waals surface area contributed by atoms with Crippen LogP contribution in [0.5, 0.6) is 11.6 Å². The molecule has 4 bridgehead atoms. The molecule has 3 saturated carbocycles. The van der Waals surface area contributed by atoms with E-state index in [4.69, 9.17) is 19.2 Å². The summed E-state index contributed by atoms with van der Waals surface area (Å²) in [4.78, 5) is 63.8. The number of cyclic esters (lactones) is 1. The molecule has 2 aliphatic heterocycles. The van der Waals surface area contributed by atoms with E-state index in [1.165, 1.54) is 22.3 Å². The van der Waals surface area contributed by atoms with Gasteiger partial charge in [-0.1, -0.05) is 51.3 Å². The largest absolute Gasteiger partial charge is 0.496 e. The highest BCUT2D eigenvalue weighted by molar-refractivity contribution is 7.91. The molecule has 310 valence electrons. The van der Waals surface area contributed by atoms with Crippen molar-refractivity contribution in [1.82, 2.24) is 25.2 Å². The van der Waals surface area contributed by atoms with Crippen molar-refractivity contribution in [3.8, 4) is 11.6 Å². The topological polar surface area (TPSA) is 182 Å². The number of benzene rings is 1. The summed E-state index contributed by atoms with van der Waals surface area (Å²) < 4.78 is 46.2. The number of hydrogen-bond donors (Lipinski definition) is 3. The Bertz CT molecular complexity index is 2300. The molecule has 0 radical (unpaired) electrons. The molecule has 3 N–H and O–H groups in total. The van der Waals surface area contributed by atoms with Gasteiger partial charge in [-0.3, -0.25) is 19.1 Å². The van der Waals surface area contributed by atoms with E-state index < -0.39 is 74.1 Å². The predicted octanol–water partition coefficient (Wildman–Crippen LogP) is 5.59. The maximum atomic E-state index is 14.9. The van der Waals surface area contributed by atoms with Crippen molar-refractivity contribution < 1.29 is 41.8 Å². The maximum absolute atomic E-state index is 14.9. The fourth-order valence-electron chi connectivity index (χ4n) is 8.71. The van der Waals surface area contributed by atoms with Crippen LogP contribution < -0.4 is 24.8 Å². The number of allylic oxidation sites excluding steroid dienone is 1. The summed E-state index contributed by atoms with van der Waals surface area (Å²) in [5.41, 5.74) is -1.22. The van der Waals surface area contributed by atoms with Crippen LogP contribution in [-0.4, -0.2) is 91.4 Å². The number of aromatic nitrogens is 1. The number of alkyl carbamates (subject to hydrolysis) is 1. The van der Waals surface area contributed by atoms with Crippen molar-refractivity contribution in [2.24, 2.45) is 17.3 Å². The van der Waals surface area contributed by atoms with Crippen LogP contribution in [0.2, 0.25) is 0 Å². The monoisotopic (exact) mass is 833 g/mol. The minimum atomic E-state index is -3.91. The van der Waals surface area contributed by atoms with Crippen LogP contribution in [0.1, 0.15) is 83.6 Å². The zero-order valence-electron chi connectivity index (χ0n) is 33.1. The number of pyridine rings is 1. The molecule has 0 spiro atoms. The molecule has 3 aliphatic carbocycles. The molecular formula is C42H51N5O9S2. The molecule has 0 unspecified atom stereocenters. The average molecular weight is 834 g/mol. The van der Waals surface area contributed by atoms with Gasteiger partial charge in [0, 0.05) is 39.5 Å². The summed E-state index contributed by atoms with van der Waals surface area (Å²) in [5, 5.41) is 9.61. The molecule has 1 aromatic carbocycles. The summed E-state index contributed by atoms with van der Waals surface area (Å²) in [6.07, 6.45) is 9.97. The Hall–Kier alpha value is -4.70. The third kappa shape index (κ3) is 7.88. The lowest BCUT2D eigenvalue weighted by Gasteiger charge is -2.35. The van der Waals surface area contributed by atoms with Crippen molar-refractivity contribution in [2.45, 2.75) is 107 Å². The lowest BCUT2D eigenvalue weighted by atomic mass is 9.83. The normalized spacial score (nSPS) is 28.4. The molecule has 8 rings (SSSR count). The summed E-state index contributed by atoms with van der Waals surface area (Å²) in [6.45, 7) is 7.87. The summed E-state index contributed by atoms with van der Waals surface area (Å²) >= 11 is 1.46. The second kappa shape index (κ2) is 15.5. The van der Waals surface area contributed by atoms with Gasteiger partial charge in [0.1, 0.15) is 34.3 Å². The van der Waals surface area contributed by atoms with E-state index in [-0.39, 0.29) is 31.9 Å². The van der Waals surface area contributed by atoms with E-state index in [2.05, 4.69) is 21.9 Å². The molecule has 5 atom stereocenters. The number of carbonyl (C=O) groups excluding carboxylic acids is 4. The van der Waals surface area contributed by atoms with Crippen LogP contribution >= 0.6 is 11.3 Å². The van der Waals surface area contributed by atoms with Gasteiger partial charge in [-0.05, 0) is 68.0 Å². The Balaban J connectivity index is 1.18. The summed E-state index contributed by atoms with van der Waals surface area (Å²) in [7, 11) is -2.29. The molecular weight excluding hydrogens is 783 g/mol. The van der Waals surface area contributed by atoms with Crippen molar-refractivity contribution in [1.29, 1.82) is 0 Å². The molecule has 4 amide bonds. The standard InChI is InChI=1S/C42H51N5O9S2/c1-5-26-21-42(26,39(50)46-58(52,53)28-13-14-28)45-35(48)32-19-27-22-47(32)38(49)34(24-10-7-6-8-11-24)43-40(51)55-23-41(2,3)16-9-12-25-18-31-30(20-33(25)54-4)29-15-17-57-37(29)44-36(31)56-27/h5,9,12,15,17-18,20,24,26-28,32,34H,1,6-8,10-11,13-14,16,19,21-23H2,2-4H3,(H,43,51)(H,45,48)(H,46,50)/b12-9-/t26-,27-,32+,34+,42-/m1/s1. The number of rotatable bonds is 8. The number of nitrogens with zero attached hydrogens (tertiary/aromatic N) is 2. The average Bonchev–Trinajstić information content (AvgIpc) is 4.09. The number of amides is 4. The van der Waals surface area contributed by atoms with Crippen molar-refractivity contribution in [3.63, 3.8) is 0 Å². The van der Waals surface area contributed by atoms with E-state index in [1.807, 2.05) is 49.6 Å². The van der Waals surface area contributed by atoms with Gasteiger partial charge in [-0.2, -0.15) is 0 Å². The molecule has 2 aromatic heterocycles. The first-order valence-corrected chi connectivity index (χ1v) is 22.6. The quantitative estimate of drug-likeness (QED) is 0.242. The van der Waals surface area contributed by atoms with Crippen LogP contribution in [0.15, 0.2) is 42.3 Å². The number of carbonyl (C=O) groups is 4. The smallest absolute Gasteiger partial charge is 0.407 e. The fraction of sp³-hybridized carbons (Fsp3) is 0.548. The van der Waals surface area contributed by atoms with Crippen LogP contribution in [0, 0.1) is 17.3 Å². The minimum absolute atomic E-state index is 0.0153. The van der Waals surface area contributed by atoms with E-state index in [1.54, 1.807) is 7.11 Å². The third-order valence-corrected chi connectivity index (χ3v) is 15.0. The number of methoxy groups -OCH3 is 1. The highest BCUT2D eigenvalue weighted by atomic mass is 32.2. The van der Waals surface area contributed by atoms with Gasteiger partial charge in [0.05, 0.1) is 25.5 Å². The fourth-order valence-corrected chi connectivity index (χ4v) is 10.8. The summed E-state index contributed by atoms with van der Waals surface area (Å²) in [5.74, 6) is -1.64. The maximum Gasteiger partial charge on any atom is 0.407 e. The molecule has 14 nitrogen and oxygen atoms in total. The van der Waals surface area contributed by atoms with Crippen molar-refractivity contribution >= 4 is 72.2 Å². The zero-order valence-corrected chi connectivity index (χ0v) is 34.7. The van der Waals surface area contributed by atoms with Gasteiger partial charge in [-0.25, -0.2) is 18.2 Å². The SMILES string of the molecule is C=C[C@@H]1C[C@]1(NC(=O)[C@@H]1C[C@@H]2CN1C(=O)[C@H](C1CCCCC1)NC(=O)OCC(C)(C)C/C=C\c1cc3c(nc4sccc4c3cc1OC)O2)C(=O)NS(=O)(=O)C1CC1. The van der Waals surface area contributed by atoms with Crippen LogP contribution in [0.3, 0.4) is 0 Å². The second-order valence-corrected chi connectivity index (χ2v) is 20.1. The van der Waals surface area contributed by atoms with Crippen LogP contribution in [-0.2, 0) is 29.1 Å². The number of fused-ring (bicyclic) bond motifs is 5. The van der Waals surface area contributed by atoms with Gasteiger partial charge in [0.25, 0.3) is 5.91 Å². The van der Waals surface area contributed by atoms with E-state index in [0.29, 0.717) is 43.7 Å². The van der Waals surface area contributed by atoms with E-state index in [9.17, 15) is 27.6 Å². The number of thiophene rings is 1. The highest BCUT2D eigenvalue weighted by Crippen LogP contribution is 2.46. The van der Waals surface area contributed by atoms with Crippen LogP contribution in [0.25, 0.3) is 27.1 Å². The van der Waals surface area contributed by atoms with Crippen molar-refractivity contribution in [3.05, 3.63) is 47.9 Å². The Kier molecular flexibility index (Phi) is 10.7. The number of ether oxygens (including phenoxy) is 3. The van der Waals surface area contributed by atoms with E-state index in [0.717, 1.165) is 45.8 Å². The first-order valence-electron chi connectivity index (χ1n) is 20.2. The van der Waals surface area contributed by atoms with Crippen molar-refractivity contribution in [2.75, 3.05) is 20.3 Å². The molecule has 4 heterocycles. The van der Waals surface area contributed by atoms with Gasteiger partial charge in [0.2, 0.25) is 27.7 Å². The molecule has 1 saturated heterocycles. The second-order valence-electron chi connectivity index (χ2n) is 17.2. The molecule has 5 aliphatic rings. The molecule has 16 heteroatoms. The predicted molar refractivity (Wildman–Crippen MR) is 220 cm³/mol. The molecule has 58 heavy (non-hydrogen) atoms. The Morgan fingerprint density at radius 2 is 1.88 bits per heavy atom. The van der Waals surface area contributed by atoms with Crippen LogP contribution in [0.4, 0.5) is 4.79 Å². The van der Waals surface area contributed by atoms with Gasteiger partial charge >= 0.3 is 6.09 Å². The zero-order chi connectivity index (χ0) is 41.0. The van der Waals surface area contributed by atoms with Gasteiger partial charge in [-0.15, -0.1) is 17.9 Å². The lowest BCUT2D eigenvalue weighted by molar-refractivity contribution is -0.142. The summed E-state index contributed by atoms with van der Waals surface area (Å²) in [6, 6.07) is 3.81. The first kappa shape index (κ1) is 40.1. The lowest BCUT2D eigenvalue weighted by Crippen LogP contribution is -2.59. The number of nitrogens with one attached hydrogen (secondary N) is 3. The number of hydrogen-bond acceptors (Lipinski definition) is 11. The highest BCUT2D eigenvalue weighted by Gasteiger charge is 2.62. The number of sulfonamides is 1. The first-order chi connectivity index (χ1) is 27.7. The Morgan fingerprint density at radius 1 is 1.10 bits per heavy atom. The van der Waals surface area contributed by atoms with E-state index >= 15 is 0 Å².